The van der Waals surface area contributed by atoms with Crippen LogP contribution in [0.3, 0.4) is 0 Å². The SMILES string of the molecule is Cc1nc(C2CC2)n2cccc(CC=O)c12. The minimum atomic E-state index is 0.473. The van der Waals surface area contributed by atoms with Crippen molar-refractivity contribution in [2.75, 3.05) is 0 Å². The quantitative estimate of drug-likeness (QED) is 0.734. The van der Waals surface area contributed by atoms with Crippen LogP contribution in [0.15, 0.2) is 18.3 Å². The molecule has 2 aromatic rings. The normalized spacial score (nSPS) is 15.6. The Kier molecular flexibility index (Phi) is 2.06. The van der Waals surface area contributed by atoms with Crippen molar-refractivity contribution in [1.29, 1.82) is 0 Å². The van der Waals surface area contributed by atoms with Gasteiger partial charge in [0.2, 0.25) is 0 Å². The van der Waals surface area contributed by atoms with Crippen LogP contribution in [0.25, 0.3) is 5.52 Å². The molecular weight excluding hydrogens is 200 g/mol. The van der Waals surface area contributed by atoms with Gasteiger partial charge in [-0.15, -0.1) is 0 Å². The molecule has 3 nitrogen and oxygen atoms in total. The highest BCUT2D eigenvalue weighted by molar-refractivity contribution is 5.67. The predicted octanol–water partition coefficient (Wildman–Crippen LogP) is 2.26. The third-order valence-corrected chi connectivity index (χ3v) is 3.20. The van der Waals surface area contributed by atoms with Crippen LogP contribution in [0.1, 0.15) is 35.8 Å². The molecule has 2 heterocycles. The van der Waals surface area contributed by atoms with Gasteiger partial charge in [-0.1, -0.05) is 6.07 Å². The molecule has 1 aliphatic rings. The number of aldehydes is 1. The lowest BCUT2D eigenvalue weighted by Crippen LogP contribution is -1.95. The summed E-state index contributed by atoms with van der Waals surface area (Å²) in [5, 5.41) is 0. The van der Waals surface area contributed by atoms with Gasteiger partial charge < -0.3 is 9.20 Å². The summed E-state index contributed by atoms with van der Waals surface area (Å²) in [5.41, 5.74) is 3.24. The first kappa shape index (κ1) is 9.58. The molecule has 0 aliphatic heterocycles. The van der Waals surface area contributed by atoms with Crippen LogP contribution in [0.4, 0.5) is 0 Å². The Labute approximate surface area is 94.1 Å². The second-order valence-corrected chi connectivity index (χ2v) is 4.45. The van der Waals surface area contributed by atoms with E-state index in [2.05, 4.69) is 15.6 Å². The Morgan fingerprint density at radius 2 is 2.38 bits per heavy atom. The van der Waals surface area contributed by atoms with E-state index in [4.69, 9.17) is 0 Å². The number of imidazole rings is 1. The molecule has 1 fully saturated rings. The van der Waals surface area contributed by atoms with Crippen LogP contribution in [0, 0.1) is 6.92 Å². The third-order valence-electron chi connectivity index (χ3n) is 3.20. The van der Waals surface area contributed by atoms with Crippen molar-refractivity contribution >= 4 is 11.8 Å². The molecule has 0 unspecified atom stereocenters. The van der Waals surface area contributed by atoms with Crippen LogP contribution < -0.4 is 0 Å². The monoisotopic (exact) mass is 214 g/mol. The van der Waals surface area contributed by atoms with E-state index in [0.717, 1.165) is 23.1 Å². The van der Waals surface area contributed by atoms with Crippen molar-refractivity contribution in [2.45, 2.75) is 32.1 Å². The predicted molar refractivity (Wildman–Crippen MR) is 61.7 cm³/mol. The second-order valence-electron chi connectivity index (χ2n) is 4.45. The molecule has 1 aliphatic carbocycles. The Hall–Kier alpha value is -1.64. The van der Waals surface area contributed by atoms with E-state index < -0.39 is 0 Å². The Morgan fingerprint density at radius 1 is 1.56 bits per heavy atom. The minimum absolute atomic E-state index is 0.473. The van der Waals surface area contributed by atoms with Crippen molar-refractivity contribution in [2.24, 2.45) is 0 Å². The van der Waals surface area contributed by atoms with Crippen LogP contribution in [0.5, 0.6) is 0 Å². The summed E-state index contributed by atoms with van der Waals surface area (Å²) in [6.07, 6.45) is 5.98. The largest absolute Gasteiger partial charge is 0.303 e. The lowest BCUT2D eigenvalue weighted by molar-refractivity contribution is -0.107. The zero-order chi connectivity index (χ0) is 11.1. The molecule has 0 atom stereocenters. The molecule has 0 spiro atoms. The highest BCUT2D eigenvalue weighted by atomic mass is 16.1. The molecule has 0 aromatic carbocycles. The number of pyridine rings is 1. The maximum Gasteiger partial charge on any atom is 0.124 e. The molecule has 3 rings (SSSR count). The topological polar surface area (TPSA) is 34.4 Å². The fourth-order valence-electron chi connectivity index (χ4n) is 2.31. The number of hydrogen-bond acceptors (Lipinski definition) is 2. The van der Waals surface area contributed by atoms with Gasteiger partial charge in [-0.2, -0.15) is 0 Å². The molecule has 0 N–H and O–H groups in total. The summed E-state index contributed by atoms with van der Waals surface area (Å²) in [5.74, 6) is 1.80. The van der Waals surface area contributed by atoms with Crippen molar-refractivity contribution in [3.63, 3.8) is 0 Å². The van der Waals surface area contributed by atoms with Crippen LogP contribution in [-0.2, 0) is 11.2 Å². The number of hydrogen-bond donors (Lipinski definition) is 0. The highest BCUT2D eigenvalue weighted by Crippen LogP contribution is 2.40. The average molecular weight is 214 g/mol. The molecule has 2 aromatic heterocycles. The molecular formula is C13H14N2O. The number of nitrogens with zero attached hydrogens (tertiary/aromatic N) is 2. The highest BCUT2D eigenvalue weighted by Gasteiger charge is 2.28. The van der Waals surface area contributed by atoms with E-state index in [-0.39, 0.29) is 0 Å². The molecule has 82 valence electrons. The summed E-state index contributed by atoms with van der Waals surface area (Å²) < 4.78 is 2.16. The molecule has 16 heavy (non-hydrogen) atoms. The lowest BCUT2D eigenvalue weighted by Gasteiger charge is -2.02. The van der Waals surface area contributed by atoms with Crippen LogP contribution >= 0.6 is 0 Å². The second kappa shape index (κ2) is 3.44. The first-order valence-electron chi connectivity index (χ1n) is 5.71. The number of carbonyl (C=O) groups is 1. The fourth-order valence-corrected chi connectivity index (χ4v) is 2.31. The maximum absolute atomic E-state index is 10.7. The number of aromatic nitrogens is 2. The Morgan fingerprint density at radius 3 is 3.06 bits per heavy atom. The standard InChI is InChI=1S/C13H14N2O/c1-9-12-10(6-8-16)3-2-7-15(12)13(14-9)11-4-5-11/h2-3,7-8,11H,4-6H2,1H3. The summed E-state index contributed by atoms with van der Waals surface area (Å²) in [6, 6.07) is 4.01. The van der Waals surface area contributed by atoms with Crippen LogP contribution in [0.2, 0.25) is 0 Å². The number of fused-ring (bicyclic) bond motifs is 1. The molecule has 0 radical (unpaired) electrons. The number of carbonyl (C=O) groups excluding carboxylic acids is 1. The van der Waals surface area contributed by atoms with Crippen molar-refractivity contribution in [1.82, 2.24) is 9.38 Å². The van der Waals surface area contributed by atoms with Gasteiger partial charge in [-0.05, 0) is 31.4 Å². The van der Waals surface area contributed by atoms with Gasteiger partial charge in [0.1, 0.15) is 12.1 Å². The Balaban J connectivity index is 2.26. The summed E-state index contributed by atoms with van der Waals surface area (Å²) >= 11 is 0. The molecule has 0 bridgehead atoms. The fraction of sp³-hybridized carbons (Fsp3) is 0.385. The van der Waals surface area contributed by atoms with Gasteiger partial charge >= 0.3 is 0 Å². The van der Waals surface area contributed by atoms with E-state index in [1.54, 1.807) is 0 Å². The van der Waals surface area contributed by atoms with Gasteiger partial charge in [0.05, 0.1) is 11.2 Å². The molecule has 3 heteroatoms. The summed E-state index contributed by atoms with van der Waals surface area (Å²) in [6.45, 7) is 2.02. The Bertz CT molecular complexity index is 552. The van der Waals surface area contributed by atoms with E-state index in [1.165, 1.54) is 18.7 Å². The maximum atomic E-state index is 10.7. The number of rotatable bonds is 3. The van der Waals surface area contributed by atoms with E-state index in [9.17, 15) is 4.79 Å². The lowest BCUT2D eigenvalue weighted by atomic mass is 10.1. The first-order valence-corrected chi connectivity index (χ1v) is 5.71. The zero-order valence-electron chi connectivity index (χ0n) is 9.31. The smallest absolute Gasteiger partial charge is 0.124 e. The van der Waals surface area contributed by atoms with Gasteiger partial charge in [0.15, 0.2) is 0 Å². The molecule has 0 amide bonds. The molecule has 0 saturated heterocycles. The van der Waals surface area contributed by atoms with E-state index >= 15 is 0 Å². The van der Waals surface area contributed by atoms with Gasteiger partial charge in [0.25, 0.3) is 0 Å². The molecule has 1 saturated carbocycles. The zero-order valence-corrected chi connectivity index (χ0v) is 9.31. The first-order chi connectivity index (χ1) is 7.81. The van der Waals surface area contributed by atoms with Crippen LogP contribution in [-0.4, -0.2) is 15.7 Å². The van der Waals surface area contributed by atoms with Gasteiger partial charge in [-0.3, -0.25) is 0 Å². The van der Waals surface area contributed by atoms with E-state index in [0.29, 0.717) is 12.3 Å². The van der Waals surface area contributed by atoms with Crippen molar-refractivity contribution in [3.05, 3.63) is 35.4 Å². The summed E-state index contributed by atoms with van der Waals surface area (Å²) in [4.78, 5) is 15.3. The van der Waals surface area contributed by atoms with E-state index in [1.807, 2.05) is 19.1 Å². The third kappa shape index (κ3) is 1.35. The number of aryl methyl sites for hydroxylation is 1. The van der Waals surface area contributed by atoms with Gasteiger partial charge in [0, 0.05) is 18.5 Å². The van der Waals surface area contributed by atoms with Crippen molar-refractivity contribution < 1.29 is 4.79 Å². The van der Waals surface area contributed by atoms with Gasteiger partial charge in [-0.25, -0.2) is 4.98 Å². The minimum Gasteiger partial charge on any atom is -0.303 e. The summed E-state index contributed by atoms with van der Waals surface area (Å²) in [7, 11) is 0. The average Bonchev–Trinajstić information content (AvgIpc) is 3.05. The van der Waals surface area contributed by atoms with Crippen molar-refractivity contribution in [3.8, 4) is 0 Å².